The number of aliphatic hydroxyl groups is 1. The standard InChI is InChI=1S/C9H15NOS/c1-3-8(11)7(2)6-9-10-4-5-12-9/h4-5,7-8,11H,3,6H2,1-2H3. The second kappa shape index (κ2) is 4.58. The molecule has 1 rings (SSSR count). The molecule has 1 aromatic rings. The van der Waals surface area contributed by atoms with Crippen molar-refractivity contribution in [2.75, 3.05) is 0 Å². The second-order valence-electron chi connectivity index (χ2n) is 3.08. The highest BCUT2D eigenvalue weighted by molar-refractivity contribution is 7.09. The van der Waals surface area contributed by atoms with Crippen molar-refractivity contribution in [2.24, 2.45) is 5.92 Å². The molecule has 0 amide bonds. The lowest BCUT2D eigenvalue weighted by Gasteiger charge is -2.15. The lowest BCUT2D eigenvalue weighted by atomic mass is 9.99. The van der Waals surface area contributed by atoms with Crippen LogP contribution in [0.5, 0.6) is 0 Å². The van der Waals surface area contributed by atoms with Gasteiger partial charge in [-0.1, -0.05) is 13.8 Å². The molecule has 0 radical (unpaired) electrons. The molecular formula is C9H15NOS. The smallest absolute Gasteiger partial charge is 0.0928 e. The molecule has 0 saturated carbocycles. The molecule has 0 aliphatic carbocycles. The van der Waals surface area contributed by atoms with E-state index < -0.39 is 0 Å². The molecule has 3 heteroatoms. The minimum atomic E-state index is -0.186. The molecule has 0 aromatic carbocycles. The summed E-state index contributed by atoms with van der Waals surface area (Å²) in [7, 11) is 0. The van der Waals surface area contributed by atoms with E-state index in [0.717, 1.165) is 17.8 Å². The van der Waals surface area contributed by atoms with Crippen molar-refractivity contribution in [1.29, 1.82) is 0 Å². The number of aliphatic hydroxyl groups excluding tert-OH is 1. The molecule has 0 aliphatic rings. The Hall–Kier alpha value is -0.410. The largest absolute Gasteiger partial charge is 0.393 e. The van der Waals surface area contributed by atoms with Crippen LogP contribution < -0.4 is 0 Å². The van der Waals surface area contributed by atoms with Crippen LogP contribution in [0.25, 0.3) is 0 Å². The molecule has 2 atom stereocenters. The normalized spacial score (nSPS) is 15.9. The van der Waals surface area contributed by atoms with Gasteiger partial charge in [0.2, 0.25) is 0 Å². The Labute approximate surface area is 77.3 Å². The Kier molecular flexibility index (Phi) is 3.69. The minimum absolute atomic E-state index is 0.186. The molecule has 0 saturated heterocycles. The minimum Gasteiger partial charge on any atom is -0.393 e. The van der Waals surface area contributed by atoms with Gasteiger partial charge < -0.3 is 5.11 Å². The monoisotopic (exact) mass is 185 g/mol. The maximum atomic E-state index is 9.50. The predicted octanol–water partition coefficient (Wildman–Crippen LogP) is 2.09. The van der Waals surface area contributed by atoms with Crippen LogP contribution in [-0.4, -0.2) is 16.2 Å². The Morgan fingerprint density at radius 1 is 1.67 bits per heavy atom. The number of aromatic nitrogens is 1. The van der Waals surface area contributed by atoms with Gasteiger partial charge in [-0.3, -0.25) is 0 Å². The number of rotatable bonds is 4. The zero-order chi connectivity index (χ0) is 8.97. The summed E-state index contributed by atoms with van der Waals surface area (Å²) in [6, 6.07) is 0. The molecule has 1 heterocycles. The van der Waals surface area contributed by atoms with Crippen molar-refractivity contribution < 1.29 is 5.11 Å². The SMILES string of the molecule is CCC(O)C(C)Cc1nccs1. The van der Waals surface area contributed by atoms with Crippen LogP contribution in [-0.2, 0) is 6.42 Å². The lowest BCUT2D eigenvalue weighted by molar-refractivity contribution is 0.112. The van der Waals surface area contributed by atoms with E-state index in [4.69, 9.17) is 0 Å². The van der Waals surface area contributed by atoms with Crippen molar-refractivity contribution in [3.8, 4) is 0 Å². The first-order valence-electron chi connectivity index (χ1n) is 4.30. The van der Waals surface area contributed by atoms with Gasteiger partial charge >= 0.3 is 0 Å². The van der Waals surface area contributed by atoms with Crippen LogP contribution in [0.3, 0.4) is 0 Å². The fourth-order valence-electron chi connectivity index (χ4n) is 1.17. The number of hydrogen-bond acceptors (Lipinski definition) is 3. The van der Waals surface area contributed by atoms with Gasteiger partial charge in [-0.2, -0.15) is 0 Å². The van der Waals surface area contributed by atoms with Gasteiger partial charge in [0, 0.05) is 18.0 Å². The van der Waals surface area contributed by atoms with E-state index in [1.54, 1.807) is 11.3 Å². The first-order chi connectivity index (χ1) is 5.74. The summed E-state index contributed by atoms with van der Waals surface area (Å²) in [5.74, 6) is 0.321. The van der Waals surface area contributed by atoms with E-state index in [0.29, 0.717) is 5.92 Å². The van der Waals surface area contributed by atoms with Gasteiger partial charge in [0.25, 0.3) is 0 Å². The summed E-state index contributed by atoms with van der Waals surface area (Å²) in [5.41, 5.74) is 0. The van der Waals surface area contributed by atoms with Crippen molar-refractivity contribution in [2.45, 2.75) is 32.8 Å². The average molecular weight is 185 g/mol. The van der Waals surface area contributed by atoms with E-state index in [1.807, 2.05) is 18.5 Å². The first kappa shape index (κ1) is 9.68. The summed E-state index contributed by atoms with van der Waals surface area (Å²) < 4.78 is 0. The van der Waals surface area contributed by atoms with Gasteiger partial charge in [-0.25, -0.2) is 4.98 Å². The number of thiazole rings is 1. The summed E-state index contributed by atoms with van der Waals surface area (Å²) in [6.45, 7) is 4.07. The third-order valence-electron chi connectivity index (χ3n) is 2.06. The van der Waals surface area contributed by atoms with Crippen LogP contribution in [0.2, 0.25) is 0 Å². The molecule has 0 aliphatic heterocycles. The van der Waals surface area contributed by atoms with Gasteiger partial charge in [0.05, 0.1) is 11.1 Å². The van der Waals surface area contributed by atoms with E-state index >= 15 is 0 Å². The molecule has 1 N–H and O–H groups in total. The molecule has 2 unspecified atom stereocenters. The number of hydrogen-bond donors (Lipinski definition) is 1. The van der Waals surface area contributed by atoms with Crippen LogP contribution >= 0.6 is 11.3 Å². The highest BCUT2D eigenvalue weighted by atomic mass is 32.1. The van der Waals surface area contributed by atoms with Crippen LogP contribution in [0, 0.1) is 5.92 Å². The van der Waals surface area contributed by atoms with Crippen molar-refractivity contribution in [3.05, 3.63) is 16.6 Å². The fraction of sp³-hybridized carbons (Fsp3) is 0.667. The van der Waals surface area contributed by atoms with Crippen LogP contribution in [0.1, 0.15) is 25.3 Å². The zero-order valence-electron chi connectivity index (χ0n) is 7.53. The highest BCUT2D eigenvalue weighted by Gasteiger charge is 2.13. The van der Waals surface area contributed by atoms with E-state index in [-0.39, 0.29) is 6.10 Å². The first-order valence-corrected chi connectivity index (χ1v) is 5.18. The van der Waals surface area contributed by atoms with E-state index in [1.165, 1.54) is 0 Å². The van der Waals surface area contributed by atoms with Gasteiger partial charge in [0.15, 0.2) is 0 Å². The summed E-state index contributed by atoms with van der Waals surface area (Å²) >= 11 is 1.66. The quantitative estimate of drug-likeness (QED) is 0.779. The molecule has 12 heavy (non-hydrogen) atoms. The lowest BCUT2D eigenvalue weighted by Crippen LogP contribution is -2.18. The Morgan fingerprint density at radius 3 is 2.92 bits per heavy atom. The third-order valence-corrected chi connectivity index (χ3v) is 2.86. The topological polar surface area (TPSA) is 33.1 Å². The Morgan fingerprint density at radius 2 is 2.42 bits per heavy atom. The van der Waals surface area contributed by atoms with E-state index in [9.17, 15) is 5.11 Å². The third kappa shape index (κ3) is 2.57. The maximum Gasteiger partial charge on any atom is 0.0928 e. The molecular weight excluding hydrogens is 170 g/mol. The van der Waals surface area contributed by atoms with Gasteiger partial charge in [-0.05, 0) is 12.3 Å². The summed E-state index contributed by atoms with van der Waals surface area (Å²) in [6.07, 6.45) is 3.35. The number of nitrogens with zero attached hydrogens (tertiary/aromatic N) is 1. The molecule has 2 nitrogen and oxygen atoms in total. The summed E-state index contributed by atoms with van der Waals surface area (Å²) in [4.78, 5) is 4.18. The molecule has 68 valence electrons. The molecule has 0 spiro atoms. The van der Waals surface area contributed by atoms with Gasteiger partial charge in [-0.15, -0.1) is 11.3 Å². The second-order valence-corrected chi connectivity index (χ2v) is 4.06. The molecule has 1 aromatic heterocycles. The van der Waals surface area contributed by atoms with Crippen molar-refractivity contribution >= 4 is 11.3 Å². The van der Waals surface area contributed by atoms with Gasteiger partial charge in [0.1, 0.15) is 0 Å². The zero-order valence-corrected chi connectivity index (χ0v) is 8.34. The Bertz CT molecular complexity index is 210. The predicted molar refractivity (Wildman–Crippen MR) is 51.3 cm³/mol. The van der Waals surface area contributed by atoms with Crippen molar-refractivity contribution in [3.63, 3.8) is 0 Å². The van der Waals surface area contributed by atoms with Crippen molar-refractivity contribution in [1.82, 2.24) is 4.98 Å². The highest BCUT2D eigenvalue weighted by Crippen LogP contribution is 2.15. The molecule has 0 bridgehead atoms. The van der Waals surface area contributed by atoms with E-state index in [2.05, 4.69) is 11.9 Å². The molecule has 0 fully saturated rings. The fourth-order valence-corrected chi connectivity index (χ4v) is 1.93. The average Bonchev–Trinajstić information content (AvgIpc) is 2.55. The van der Waals surface area contributed by atoms with Crippen LogP contribution in [0.4, 0.5) is 0 Å². The maximum absolute atomic E-state index is 9.50. The Balaban J connectivity index is 2.41. The summed E-state index contributed by atoms with van der Waals surface area (Å²) in [5, 5.41) is 12.6. The van der Waals surface area contributed by atoms with Crippen LogP contribution in [0.15, 0.2) is 11.6 Å².